The molecule has 0 aromatic heterocycles. The van der Waals surface area contributed by atoms with Crippen molar-refractivity contribution in [2.24, 2.45) is 0 Å². The molecule has 0 spiro atoms. The van der Waals surface area contributed by atoms with Gasteiger partial charge in [-0.3, -0.25) is 0 Å². The van der Waals surface area contributed by atoms with Gasteiger partial charge in [-0.2, -0.15) is 0 Å². The van der Waals surface area contributed by atoms with E-state index in [-0.39, 0.29) is 0 Å². The van der Waals surface area contributed by atoms with Gasteiger partial charge in [0.2, 0.25) is 0 Å². The van der Waals surface area contributed by atoms with Crippen LogP contribution in [-0.2, 0) is 0 Å². The first kappa shape index (κ1) is 9.83. The van der Waals surface area contributed by atoms with Crippen molar-refractivity contribution in [1.82, 2.24) is 0 Å². The highest BCUT2D eigenvalue weighted by molar-refractivity contribution is 6.30. The Morgan fingerprint density at radius 3 is 2.40 bits per heavy atom. The van der Waals surface area contributed by atoms with E-state index in [4.69, 9.17) is 11.6 Å². The molecule has 0 aliphatic rings. The Morgan fingerprint density at radius 2 is 1.73 bits per heavy atom. The highest BCUT2D eigenvalue weighted by Gasteiger charge is 1.87. The van der Waals surface area contributed by atoms with Crippen molar-refractivity contribution in [1.29, 1.82) is 0 Å². The summed E-state index contributed by atoms with van der Waals surface area (Å²) in [6, 6.07) is 18.2. The fourth-order valence-electron chi connectivity index (χ4n) is 1.14. The minimum Gasteiger partial charge on any atom is -0.0843 e. The molecule has 0 bridgehead atoms. The van der Waals surface area contributed by atoms with E-state index in [0.717, 1.165) is 16.1 Å². The van der Waals surface area contributed by atoms with Crippen LogP contribution in [0, 0.1) is 17.9 Å². The van der Waals surface area contributed by atoms with Gasteiger partial charge in [0, 0.05) is 16.1 Å². The highest BCUT2D eigenvalue weighted by Crippen LogP contribution is 2.08. The van der Waals surface area contributed by atoms with Gasteiger partial charge < -0.3 is 0 Å². The average Bonchev–Trinajstić information content (AvgIpc) is 2.30. The molecular formula is C14H8Cl. The first-order valence-electron chi connectivity index (χ1n) is 4.59. The molecule has 0 unspecified atom stereocenters. The molecule has 2 rings (SSSR count). The molecule has 0 aliphatic carbocycles. The molecule has 0 nitrogen and oxygen atoms in total. The van der Waals surface area contributed by atoms with Gasteiger partial charge in [-0.05, 0) is 36.4 Å². The van der Waals surface area contributed by atoms with Crippen LogP contribution in [0.2, 0.25) is 5.02 Å². The summed E-state index contributed by atoms with van der Waals surface area (Å²) in [5.41, 5.74) is 1.85. The summed E-state index contributed by atoms with van der Waals surface area (Å²) in [5, 5.41) is 0.729. The van der Waals surface area contributed by atoms with E-state index in [9.17, 15) is 0 Å². The maximum atomic E-state index is 5.77. The lowest BCUT2D eigenvalue weighted by Gasteiger charge is -1.90. The summed E-state index contributed by atoms with van der Waals surface area (Å²) in [5.74, 6) is 6.08. The molecule has 0 atom stereocenters. The lowest BCUT2D eigenvalue weighted by atomic mass is 10.2. The smallest absolute Gasteiger partial charge is 0.0406 e. The molecule has 0 heterocycles. The Balaban J connectivity index is 2.22. The number of hydrogen-bond acceptors (Lipinski definition) is 0. The predicted molar refractivity (Wildman–Crippen MR) is 62.7 cm³/mol. The summed E-state index contributed by atoms with van der Waals surface area (Å²) < 4.78 is 0. The second kappa shape index (κ2) is 4.68. The van der Waals surface area contributed by atoms with Crippen LogP contribution >= 0.6 is 11.6 Å². The van der Waals surface area contributed by atoms with Crippen molar-refractivity contribution in [3.63, 3.8) is 0 Å². The van der Waals surface area contributed by atoms with Crippen molar-refractivity contribution in [2.75, 3.05) is 0 Å². The van der Waals surface area contributed by atoms with Crippen LogP contribution in [0.1, 0.15) is 11.1 Å². The van der Waals surface area contributed by atoms with Crippen LogP contribution < -0.4 is 0 Å². The zero-order valence-electron chi connectivity index (χ0n) is 8.00. The Labute approximate surface area is 94.5 Å². The van der Waals surface area contributed by atoms with Crippen LogP contribution in [0.4, 0.5) is 0 Å². The molecule has 1 heteroatoms. The van der Waals surface area contributed by atoms with E-state index >= 15 is 0 Å². The maximum Gasteiger partial charge on any atom is 0.0406 e. The summed E-state index contributed by atoms with van der Waals surface area (Å²) in [4.78, 5) is 0. The first-order valence-corrected chi connectivity index (χ1v) is 4.97. The third-order valence-electron chi connectivity index (χ3n) is 1.89. The lowest BCUT2D eigenvalue weighted by molar-refractivity contribution is 1.61. The van der Waals surface area contributed by atoms with Crippen molar-refractivity contribution in [3.05, 3.63) is 70.7 Å². The van der Waals surface area contributed by atoms with Crippen LogP contribution in [0.15, 0.2) is 48.5 Å². The molecule has 2 aromatic rings. The Morgan fingerprint density at radius 1 is 0.933 bits per heavy atom. The van der Waals surface area contributed by atoms with Crippen molar-refractivity contribution >= 4 is 11.6 Å². The maximum absolute atomic E-state index is 5.77. The first-order chi connectivity index (χ1) is 7.34. The van der Waals surface area contributed by atoms with E-state index in [1.54, 1.807) is 0 Å². The quantitative estimate of drug-likeness (QED) is 0.585. The number of rotatable bonds is 0. The van der Waals surface area contributed by atoms with E-state index in [1.165, 1.54) is 0 Å². The Hall–Kier alpha value is -1.71. The van der Waals surface area contributed by atoms with Gasteiger partial charge in [0.25, 0.3) is 0 Å². The van der Waals surface area contributed by atoms with Gasteiger partial charge in [0.15, 0.2) is 0 Å². The van der Waals surface area contributed by atoms with Gasteiger partial charge in [-0.15, -0.1) is 0 Å². The summed E-state index contributed by atoms with van der Waals surface area (Å²) in [6.07, 6.45) is 0. The molecular weight excluding hydrogens is 204 g/mol. The second-order valence-electron chi connectivity index (χ2n) is 3.03. The molecule has 15 heavy (non-hydrogen) atoms. The normalized spacial score (nSPS) is 9.13. The third-order valence-corrected chi connectivity index (χ3v) is 2.15. The van der Waals surface area contributed by atoms with Crippen molar-refractivity contribution < 1.29 is 0 Å². The second-order valence-corrected chi connectivity index (χ2v) is 3.47. The number of halogens is 1. The molecule has 2 aromatic carbocycles. The zero-order chi connectivity index (χ0) is 10.5. The van der Waals surface area contributed by atoms with Crippen molar-refractivity contribution in [2.45, 2.75) is 0 Å². The lowest BCUT2D eigenvalue weighted by Crippen LogP contribution is -1.75. The largest absolute Gasteiger partial charge is 0.0843 e. The van der Waals surface area contributed by atoms with Gasteiger partial charge in [-0.25, -0.2) is 0 Å². The molecule has 71 valence electrons. The van der Waals surface area contributed by atoms with Crippen LogP contribution in [0.3, 0.4) is 0 Å². The van der Waals surface area contributed by atoms with E-state index in [2.05, 4.69) is 17.9 Å². The fourth-order valence-corrected chi connectivity index (χ4v) is 1.27. The molecule has 1 radical (unpaired) electrons. The summed E-state index contributed by atoms with van der Waals surface area (Å²) in [7, 11) is 0. The predicted octanol–water partition coefficient (Wildman–Crippen LogP) is 3.54. The van der Waals surface area contributed by atoms with Gasteiger partial charge in [0.05, 0.1) is 0 Å². The van der Waals surface area contributed by atoms with Crippen LogP contribution in [0.5, 0.6) is 0 Å². The molecule has 0 amide bonds. The molecule has 0 saturated heterocycles. The molecule has 0 N–H and O–H groups in total. The number of benzene rings is 2. The van der Waals surface area contributed by atoms with E-state index < -0.39 is 0 Å². The van der Waals surface area contributed by atoms with E-state index in [1.807, 2.05) is 48.5 Å². The van der Waals surface area contributed by atoms with Gasteiger partial charge in [0.1, 0.15) is 0 Å². The van der Waals surface area contributed by atoms with Crippen molar-refractivity contribution in [3.8, 4) is 11.8 Å². The molecule has 0 saturated carbocycles. The standard InChI is InChI=1S/C14H8Cl/c15-14-10-8-13(9-11-14)7-6-12-4-2-1-3-5-12/h1-4,8-11H. The fraction of sp³-hybridized carbons (Fsp3) is 0. The average molecular weight is 212 g/mol. The SMILES string of the molecule is Clc1ccc(C#Cc2[c]cccc2)cc1. The van der Waals surface area contributed by atoms with Crippen LogP contribution in [-0.4, -0.2) is 0 Å². The van der Waals surface area contributed by atoms with Gasteiger partial charge in [-0.1, -0.05) is 41.6 Å². The monoisotopic (exact) mass is 211 g/mol. The Kier molecular flexibility index (Phi) is 3.07. The minimum atomic E-state index is 0.729. The molecule has 0 fully saturated rings. The minimum absolute atomic E-state index is 0.729. The van der Waals surface area contributed by atoms with Gasteiger partial charge >= 0.3 is 0 Å². The summed E-state index contributed by atoms with van der Waals surface area (Å²) >= 11 is 5.77. The van der Waals surface area contributed by atoms with Crippen LogP contribution in [0.25, 0.3) is 0 Å². The number of hydrogen-bond donors (Lipinski definition) is 0. The Bertz CT molecular complexity index is 486. The topological polar surface area (TPSA) is 0 Å². The molecule has 0 aliphatic heterocycles. The highest BCUT2D eigenvalue weighted by atomic mass is 35.5. The van der Waals surface area contributed by atoms with E-state index in [0.29, 0.717) is 0 Å². The zero-order valence-corrected chi connectivity index (χ0v) is 8.75. The summed E-state index contributed by atoms with van der Waals surface area (Å²) in [6.45, 7) is 0. The third kappa shape index (κ3) is 2.87.